The number of hydrogen-bond donors (Lipinski definition) is 8. The number of aliphatic hydroxyl groups is 2. The summed E-state index contributed by atoms with van der Waals surface area (Å²) in [5.41, 5.74) is 13.3. The van der Waals surface area contributed by atoms with Crippen molar-refractivity contribution >= 4 is 45.7 Å². The van der Waals surface area contributed by atoms with Gasteiger partial charge in [0.1, 0.15) is 11.5 Å². The summed E-state index contributed by atoms with van der Waals surface area (Å²) in [6.45, 7) is 10.6. The number of Topliss-reactive ketones (excluding diaryl/α,β-unsaturated/α-hetero) is 2. The zero-order chi connectivity index (χ0) is 40.6. The van der Waals surface area contributed by atoms with Crippen LogP contribution >= 0.6 is 0 Å². The van der Waals surface area contributed by atoms with Crippen LogP contribution in [0.25, 0.3) is 33.4 Å². The van der Waals surface area contributed by atoms with E-state index in [0.29, 0.717) is 44.5 Å². The second-order valence-electron chi connectivity index (χ2n) is 14.2. The highest BCUT2D eigenvalue weighted by molar-refractivity contribution is 6.35. The molecule has 0 bridgehead atoms. The van der Waals surface area contributed by atoms with Crippen LogP contribution in [0.15, 0.2) is 96.7 Å². The average molecular weight is 755 g/mol. The number of phenols is 2. The highest BCUT2D eigenvalue weighted by Crippen LogP contribution is 2.53. The molecule has 12 heteroatoms. The summed E-state index contributed by atoms with van der Waals surface area (Å²) in [7, 11) is 0. The second-order valence-corrected chi connectivity index (χ2v) is 14.2. The van der Waals surface area contributed by atoms with Gasteiger partial charge in [-0.15, -0.1) is 0 Å². The Morgan fingerprint density at radius 1 is 0.554 bits per heavy atom. The average Bonchev–Trinajstić information content (AvgIpc) is 3.16. The van der Waals surface area contributed by atoms with Gasteiger partial charge in [0.2, 0.25) is 11.6 Å². The lowest BCUT2D eigenvalue weighted by atomic mass is 9.75. The lowest BCUT2D eigenvalue weighted by molar-refractivity contribution is -0.113. The van der Waals surface area contributed by atoms with E-state index in [1.54, 1.807) is 114 Å². The van der Waals surface area contributed by atoms with Crippen LogP contribution in [0.5, 0.6) is 11.5 Å². The minimum Gasteiger partial charge on any atom is -0.507 e. The zero-order valence-corrected chi connectivity index (χ0v) is 31.7. The number of phenolic OH excluding ortho intramolecular Hbond substituents is 2. The van der Waals surface area contributed by atoms with Crippen LogP contribution in [0.4, 0.5) is 0 Å². The van der Waals surface area contributed by atoms with E-state index >= 15 is 0 Å². The summed E-state index contributed by atoms with van der Waals surface area (Å²) in [5.74, 6) is -5.12. The Morgan fingerprint density at radius 3 is 1.21 bits per heavy atom. The predicted octanol–water partition coefficient (Wildman–Crippen LogP) is 6.95. The molecule has 0 radical (unpaired) electrons. The number of rotatable bonds is 9. The van der Waals surface area contributed by atoms with Gasteiger partial charge in [-0.3, -0.25) is 30.0 Å². The SMILES string of the molecule is Cc1cc2c(c(O)c1-c1c(C)cc3c(c1O)C(=CNNC(=O)c1ccccc1)C(=O)C(O)=C3C(C)C)C(=CNNC(=O)c1ccccc1)C(=O)C(O)=C2C(C)C. The topological polar surface area (TPSA) is 197 Å². The number of aliphatic hydroxyl groups excluding tert-OH is 2. The molecule has 8 N–H and O–H groups in total. The van der Waals surface area contributed by atoms with Crippen LogP contribution in [0, 0.1) is 25.7 Å². The molecule has 0 saturated carbocycles. The van der Waals surface area contributed by atoms with Gasteiger partial charge in [0, 0.05) is 56.9 Å². The van der Waals surface area contributed by atoms with Gasteiger partial charge in [0.15, 0.2) is 11.5 Å². The fourth-order valence-electron chi connectivity index (χ4n) is 7.30. The van der Waals surface area contributed by atoms with Crippen molar-refractivity contribution in [2.75, 3.05) is 0 Å². The van der Waals surface area contributed by atoms with E-state index in [1.807, 2.05) is 0 Å². The Labute approximate surface area is 323 Å². The van der Waals surface area contributed by atoms with Gasteiger partial charge in [0.05, 0.1) is 11.1 Å². The van der Waals surface area contributed by atoms with Gasteiger partial charge in [-0.1, -0.05) is 76.2 Å². The maximum absolute atomic E-state index is 13.8. The lowest BCUT2D eigenvalue weighted by Gasteiger charge is -2.29. The van der Waals surface area contributed by atoms with E-state index in [1.165, 1.54) is 12.4 Å². The van der Waals surface area contributed by atoms with Gasteiger partial charge < -0.3 is 31.3 Å². The third-order valence-electron chi connectivity index (χ3n) is 9.83. The number of hydrogen-bond acceptors (Lipinski definition) is 10. The molecule has 6 rings (SSSR count). The molecule has 12 nitrogen and oxygen atoms in total. The molecular weight excluding hydrogens is 713 g/mol. The molecule has 4 aromatic rings. The number of amides is 2. The molecule has 0 atom stereocenters. The number of nitrogens with one attached hydrogen (secondary N) is 4. The lowest BCUT2D eigenvalue weighted by Crippen LogP contribution is -2.34. The first-order chi connectivity index (χ1) is 26.6. The normalized spacial score (nSPS) is 15.4. The number of ketones is 2. The Hall–Kier alpha value is -7.08. The van der Waals surface area contributed by atoms with Crippen molar-refractivity contribution < 1.29 is 39.6 Å². The molecule has 2 aliphatic rings. The summed E-state index contributed by atoms with van der Waals surface area (Å²) >= 11 is 0. The van der Waals surface area contributed by atoms with Crippen LogP contribution < -0.4 is 21.7 Å². The number of aryl methyl sites for hydroxylation is 2. The molecule has 2 aliphatic carbocycles. The molecule has 0 heterocycles. The van der Waals surface area contributed by atoms with Crippen LogP contribution in [0.1, 0.15) is 81.8 Å². The Kier molecular flexibility index (Phi) is 10.6. The van der Waals surface area contributed by atoms with Crippen molar-refractivity contribution in [2.45, 2.75) is 41.5 Å². The Morgan fingerprint density at radius 2 is 0.893 bits per heavy atom. The van der Waals surface area contributed by atoms with Crippen molar-refractivity contribution in [3.8, 4) is 22.6 Å². The smallest absolute Gasteiger partial charge is 0.269 e. The summed E-state index contributed by atoms with van der Waals surface area (Å²) in [4.78, 5) is 53.1. The maximum Gasteiger partial charge on any atom is 0.269 e. The molecule has 2 amide bonds. The molecule has 0 saturated heterocycles. The van der Waals surface area contributed by atoms with Gasteiger partial charge in [-0.2, -0.15) is 0 Å². The van der Waals surface area contributed by atoms with E-state index in [4.69, 9.17) is 0 Å². The van der Waals surface area contributed by atoms with Crippen molar-refractivity contribution in [3.05, 3.63) is 141 Å². The van der Waals surface area contributed by atoms with Crippen LogP contribution in [0.2, 0.25) is 0 Å². The quantitative estimate of drug-likeness (QED) is 0.0654. The standard InChI is InChI=1S/C44H42N4O8/c1-21(2)31-27-17-23(5)33(39(51)35(27)29(37(49)41(31)53)19-45-47-43(55)25-13-9-7-10-14-25)34-24(6)18-28-32(22(3)4)42(54)38(50)30(36(28)40(34)52)20-46-48-44(56)26-15-11-8-12-16-26/h7-22,45-46,51-54H,1-6H3,(H,47,55)(H,48,56). The Balaban J connectivity index is 1.52. The summed E-state index contributed by atoms with van der Waals surface area (Å²) in [6, 6.07) is 20.1. The Bertz CT molecular complexity index is 2270. The summed E-state index contributed by atoms with van der Waals surface area (Å²) in [5, 5.41) is 46.9. The number of carbonyl (C=O) groups excluding carboxylic acids is 4. The largest absolute Gasteiger partial charge is 0.507 e. The number of hydrazine groups is 2. The van der Waals surface area contributed by atoms with E-state index in [-0.39, 0.29) is 45.2 Å². The van der Waals surface area contributed by atoms with Crippen molar-refractivity contribution in [3.63, 3.8) is 0 Å². The minimum atomic E-state index is -0.805. The first-order valence-corrected chi connectivity index (χ1v) is 18.0. The van der Waals surface area contributed by atoms with Crippen LogP contribution in [-0.2, 0) is 9.59 Å². The van der Waals surface area contributed by atoms with Crippen LogP contribution in [0.3, 0.4) is 0 Å². The molecule has 56 heavy (non-hydrogen) atoms. The zero-order valence-electron chi connectivity index (χ0n) is 31.7. The number of fused-ring (bicyclic) bond motifs is 2. The molecule has 0 spiro atoms. The monoisotopic (exact) mass is 754 g/mol. The molecule has 0 aliphatic heterocycles. The molecular formula is C44H42N4O8. The van der Waals surface area contributed by atoms with Crippen molar-refractivity contribution in [1.29, 1.82) is 0 Å². The minimum absolute atomic E-state index is 0.0487. The molecule has 0 fully saturated rings. The van der Waals surface area contributed by atoms with E-state index < -0.39 is 46.4 Å². The highest BCUT2D eigenvalue weighted by atomic mass is 16.3. The highest BCUT2D eigenvalue weighted by Gasteiger charge is 2.38. The van der Waals surface area contributed by atoms with E-state index in [0.717, 1.165) is 0 Å². The van der Waals surface area contributed by atoms with Gasteiger partial charge >= 0.3 is 0 Å². The predicted molar refractivity (Wildman–Crippen MR) is 214 cm³/mol. The fraction of sp³-hybridized carbons (Fsp3) is 0.182. The van der Waals surface area contributed by atoms with Gasteiger partial charge in [-0.25, -0.2) is 0 Å². The van der Waals surface area contributed by atoms with Gasteiger partial charge in [0.25, 0.3) is 11.8 Å². The van der Waals surface area contributed by atoms with Crippen molar-refractivity contribution in [2.24, 2.45) is 11.8 Å². The maximum atomic E-state index is 13.8. The molecule has 4 aromatic carbocycles. The van der Waals surface area contributed by atoms with E-state index in [2.05, 4.69) is 21.7 Å². The molecule has 286 valence electrons. The summed E-state index contributed by atoms with van der Waals surface area (Å²) in [6.07, 6.45) is 2.37. The van der Waals surface area contributed by atoms with Crippen LogP contribution in [-0.4, -0.2) is 43.8 Å². The summed E-state index contributed by atoms with van der Waals surface area (Å²) < 4.78 is 0. The fourth-order valence-corrected chi connectivity index (χ4v) is 7.30. The van der Waals surface area contributed by atoms with E-state index in [9.17, 15) is 39.6 Å². The third kappa shape index (κ3) is 6.77. The van der Waals surface area contributed by atoms with Crippen molar-refractivity contribution in [1.82, 2.24) is 21.7 Å². The molecule has 0 unspecified atom stereocenters. The first kappa shape index (κ1) is 38.6. The number of allylic oxidation sites excluding steroid dienone is 4. The first-order valence-electron chi connectivity index (χ1n) is 18.0. The number of carbonyl (C=O) groups is 4. The number of aromatic hydroxyl groups is 2. The van der Waals surface area contributed by atoms with Gasteiger partial charge in [-0.05, 0) is 72.2 Å². The second kappa shape index (κ2) is 15.3. The number of benzene rings is 4. The third-order valence-corrected chi connectivity index (χ3v) is 9.83. The molecule has 0 aromatic heterocycles.